The molecule has 0 atom stereocenters. The van der Waals surface area contributed by atoms with Gasteiger partial charge in [-0.05, 0) is 390 Å². The Kier molecular flexibility index (Phi) is 158. The standard InChI is InChI=1S/10C6H16P2.5Co.6H/c10*1-7(2)5-6-8(3)4;;;;;;;;;;;/h10*5-6H2,1-4H3;;;;;;;;;;;/q;;;;;;;;;;;;;;+2;6*-1. The SMILES string of the molecule is CP(C)CCP(C)C.CP(C)CCP(C)C.CP(C)CCP(C)C.CP(C)CCP(C)C.CP(C)CCP(C)C.CP(C)CCP(C)C.CP(C)CCP(C)C.CP(C)CCP(C)C.CP(C)CCP(C)C.CP(C)CCP(C)C.[Co+2].[Co].[Co].[Co].[Co].[H-].[H-].[H-].[H-].[H-].[H-]. The van der Waals surface area contributed by atoms with Crippen molar-refractivity contribution in [2.24, 2.45) is 0 Å². The van der Waals surface area contributed by atoms with Crippen LogP contribution in [0.4, 0.5) is 0 Å². The third-order valence-corrected chi connectivity index (χ3v) is 35.8. The average Bonchev–Trinajstić information content (AvgIpc) is 3.29. The molecular weight excluding hydrogens is 1630 g/mol. The molecule has 0 N–H and O–H groups in total. The van der Waals surface area contributed by atoms with Gasteiger partial charge in [0.05, 0.1) is 0 Å². The van der Waals surface area contributed by atoms with Gasteiger partial charge in [-0.25, -0.2) is 0 Å². The van der Waals surface area contributed by atoms with Gasteiger partial charge < -0.3 is 8.56 Å². The first kappa shape index (κ1) is 132. The van der Waals surface area contributed by atoms with Gasteiger partial charge in [0.2, 0.25) is 0 Å². The Labute approximate surface area is 634 Å². The molecule has 0 unspecified atom stereocenters. The summed E-state index contributed by atoms with van der Waals surface area (Å²) in [5, 5.41) is 0. The second-order valence-corrected chi connectivity index (χ2v) is 78.2. The Hall–Kier alpha value is 11.1. The average molecular weight is 1800 g/mol. The topological polar surface area (TPSA) is 0 Å². The third kappa shape index (κ3) is 221. The second kappa shape index (κ2) is 101. The first-order valence-corrected chi connectivity index (χ1v) is 77.6. The monoisotopic (exact) mass is 1800 g/mol. The molecule has 0 aromatic rings. The summed E-state index contributed by atoms with van der Waals surface area (Å²) in [6.07, 6.45) is 29.6. The van der Waals surface area contributed by atoms with Gasteiger partial charge in [0.1, 0.15) is 0 Å². The Morgan fingerprint density at radius 3 is 0.141 bits per heavy atom. The zero-order valence-electron chi connectivity index (χ0n) is 70.8. The van der Waals surface area contributed by atoms with Crippen molar-refractivity contribution >= 4 is 158 Å². The summed E-state index contributed by atoms with van der Waals surface area (Å²) in [5.41, 5.74) is 0. The van der Waals surface area contributed by atoms with E-state index in [9.17, 15) is 0 Å². The van der Waals surface area contributed by atoms with Crippen LogP contribution >= 0.6 is 158 Å². The van der Waals surface area contributed by atoms with Crippen LogP contribution in [0, 0.1) is 0 Å². The van der Waals surface area contributed by atoms with E-state index < -0.39 is 0 Å². The molecule has 25 heteroatoms. The van der Waals surface area contributed by atoms with Crippen LogP contribution in [0.15, 0.2) is 0 Å². The van der Waals surface area contributed by atoms with Gasteiger partial charge in [0.15, 0.2) is 0 Å². The van der Waals surface area contributed by atoms with E-state index >= 15 is 0 Å². The molecule has 0 saturated heterocycles. The molecule has 0 aromatic carbocycles. The molecule has 0 rings (SSSR count). The van der Waals surface area contributed by atoms with Crippen molar-refractivity contribution in [2.45, 2.75) is 0 Å². The van der Waals surface area contributed by atoms with Crippen LogP contribution in [0.3, 0.4) is 0 Å². The van der Waals surface area contributed by atoms with Crippen molar-refractivity contribution < 1.29 is 92.5 Å². The molecule has 0 aliphatic rings. The zero-order chi connectivity index (χ0) is 65.7. The summed E-state index contributed by atoms with van der Waals surface area (Å²) in [5.74, 6) is 0. The van der Waals surface area contributed by atoms with Gasteiger partial charge in [0.25, 0.3) is 0 Å². The number of hydrogen-bond donors (Lipinski definition) is 0. The summed E-state index contributed by atoms with van der Waals surface area (Å²) >= 11 is 0. The van der Waals surface area contributed by atoms with Crippen molar-refractivity contribution in [3.63, 3.8) is 0 Å². The zero-order valence-corrected chi connectivity index (χ0v) is 87.8. The minimum absolute atomic E-state index is 0. The Balaban J connectivity index is -0.0000000311. The van der Waals surface area contributed by atoms with Crippen molar-refractivity contribution in [1.82, 2.24) is 0 Å². The summed E-state index contributed by atoms with van der Waals surface area (Å²) in [6, 6.07) is 0. The van der Waals surface area contributed by atoms with Crippen LogP contribution in [0.1, 0.15) is 8.56 Å². The van der Waals surface area contributed by atoms with Crippen molar-refractivity contribution in [3.8, 4) is 0 Å². The molecule has 0 fully saturated rings. The number of hydrogen-bond acceptors (Lipinski definition) is 0. The molecule has 85 heavy (non-hydrogen) atoms. The van der Waals surface area contributed by atoms with Crippen LogP contribution in [-0.2, 0) is 83.9 Å². The summed E-state index contributed by atoms with van der Waals surface area (Å²) in [6.45, 7) is 94.2. The molecular formula is C60H166Co5P20-4. The Morgan fingerprint density at radius 2 is 0.129 bits per heavy atom. The van der Waals surface area contributed by atoms with E-state index in [1.165, 1.54) is 123 Å². The van der Waals surface area contributed by atoms with E-state index in [1.54, 1.807) is 0 Å². The fourth-order valence-electron chi connectivity index (χ4n) is 4.00. The molecule has 0 nitrogen and oxygen atoms in total. The smallest absolute Gasteiger partial charge is 1.00 e. The molecule has 0 spiro atoms. The van der Waals surface area contributed by atoms with Gasteiger partial charge >= 0.3 is 16.8 Å². The van der Waals surface area contributed by atoms with Gasteiger partial charge in [-0.1, -0.05) is 0 Å². The number of rotatable bonds is 30. The van der Waals surface area contributed by atoms with E-state index in [2.05, 4.69) is 267 Å². The van der Waals surface area contributed by atoms with Crippen LogP contribution in [0.25, 0.3) is 0 Å². The molecule has 0 aliphatic carbocycles. The van der Waals surface area contributed by atoms with Crippen molar-refractivity contribution in [2.75, 3.05) is 390 Å². The van der Waals surface area contributed by atoms with Crippen LogP contribution in [-0.4, -0.2) is 390 Å². The molecule has 0 aliphatic heterocycles. The minimum atomic E-state index is 0. The van der Waals surface area contributed by atoms with Gasteiger partial charge in [-0.3, -0.25) is 0 Å². The molecule has 0 aromatic heterocycles. The minimum Gasteiger partial charge on any atom is -1.00 e. The Bertz CT molecular complexity index is 750. The molecule has 5 radical (unpaired) electrons. The van der Waals surface area contributed by atoms with E-state index in [1.807, 2.05) is 0 Å². The molecule has 0 heterocycles. The first-order chi connectivity index (χ1) is 36.3. The molecule has 0 amide bonds. The van der Waals surface area contributed by atoms with E-state index in [-0.39, 0.29) is 92.5 Å². The van der Waals surface area contributed by atoms with Crippen LogP contribution < -0.4 is 0 Å². The van der Waals surface area contributed by atoms with E-state index in [0.29, 0.717) is 158 Å². The van der Waals surface area contributed by atoms with Crippen molar-refractivity contribution in [3.05, 3.63) is 0 Å². The normalized spacial score (nSPS) is 10.6. The maximum absolute atomic E-state index is 2.36. The molecule has 0 saturated carbocycles. The fourth-order valence-corrected chi connectivity index (χ4v) is 36.0. The van der Waals surface area contributed by atoms with Gasteiger partial charge in [-0.15, -0.1) is 158 Å². The predicted molar refractivity (Wildman–Crippen MR) is 479 cm³/mol. The summed E-state index contributed by atoms with van der Waals surface area (Å²) < 4.78 is 0. The molecule has 555 valence electrons. The van der Waals surface area contributed by atoms with E-state index in [4.69, 9.17) is 0 Å². The second-order valence-electron chi connectivity index (χ2n) is 26.1. The van der Waals surface area contributed by atoms with Crippen molar-refractivity contribution in [1.29, 1.82) is 0 Å². The predicted octanol–water partition coefficient (Wildman–Crippen LogP) is 25.4. The summed E-state index contributed by atoms with van der Waals surface area (Å²) in [7, 11) is 7.66. The van der Waals surface area contributed by atoms with Gasteiger partial charge in [0, 0.05) is 67.1 Å². The third-order valence-electron chi connectivity index (χ3n) is 9.94. The van der Waals surface area contributed by atoms with Crippen LogP contribution in [0.2, 0.25) is 0 Å². The fraction of sp³-hybridized carbons (Fsp3) is 1.00. The quantitative estimate of drug-likeness (QED) is 0.0629. The summed E-state index contributed by atoms with van der Waals surface area (Å²) in [4.78, 5) is 0. The largest absolute Gasteiger partial charge is 2.00 e. The first-order valence-electron chi connectivity index (χ1n) is 29.2. The Morgan fingerprint density at radius 1 is 0.106 bits per heavy atom. The van der Waals surface area contributed by atoms with Gasteiger partial charge in [-0.2, -0.15) is 0 Å². The van der Waals surface area contributed by atoms with E-state index in [0.717, 1.165) is 0 Å². The maximum Gasteiger partial charge on any atom is 2.00 e. The maximum atomic E-state index is 2.36. The molecule has 0 bridgehead atoms. The van der Waals surface area contributed by atoms with Crippen LogP contribution in [0.5, 0.6) is 0 Å².